The van der Waals surface area contributed by atoms with Gasteiger partial charge in [-0.25, -0.2) is 4.98 Å². The third-order valence-electron chi connectivity index (χ3n) is 3.17. The van der Waals surface area contributed by atoms with Crippen LogP contribution in [0.1, 0.15) is 12.0 Å². The normalized spacial score (nSPS) is 10.7. The summed E-state index contributed by atoms with van der Waals surface area (Å²) >= 11 is 6.15. The molecule has 0 saturated heterocycles. The molecule has 0 fully saturated rings. The van der Waals surface area contributed by atoms with Crippen molar-refractivity contribution in [1.29, 1.82) is 0 Å². The van der Waals surface area contributed by atoms with Gasteiger partial charge in [-0.2, -0.15) is 0 Å². The largest absolute Gasteiger partial charge is 0.495 e. The summed E-state index contributed by atoms with van der Waals surface area (Å²) in [7, 11) is 3.33. The van der Waals surface area contributed by atoms with E-state index >= 15 is 0 Å². The van der Waals surface area contributed by atoms with E-state index in [0.29, 0.717) is 10.8 Å². The van der Waals surface area contributed by atoms with Crippen LogP contribution in [0.2, 0.25) is 5.02 Å². The van der Waals surface area contributed by atoms with Crippen LogP contribution in [0.25, 0.3) is 5.69 Å². The Morgan fingerprint density at radius 2 is 2.14 bits per heavy atom. The van der Waals surface area contributed by atoms with Gasteiger partial charge in [0.1, 0.15) is 5.75 Å². The highest BCUT2D eigenvalue weighted by molar-refractivity contribution is 6.31. The van der Waals surface area contributed by atoms with Crippen LogP contribution < -0.4 is 10.1 Å². The molecule has 0 aliphatic heterocycles. The van der Waals surface area contributed by atoms with Crippen LogP contribution in [0, 0.1) is 6.92 Å². The number of aryl methyl sites for hydroxylation is 1. The van der Waals surface area contributed by atoms with E-state index in [2.05, 4.69) is 10.3 Å². The molecule has 0 saturated carbocycles. The summed E-state index contributed by atoms with van der Waals surface area (Å²) in [5, 5.41) is 3.98. The van der Waals surface area contributed by atoms with Crippen molar-refractivity contribution < 1.29 is 9.47 Å². The van der Waals surface area contributed by atoms with Gasteiger partial charge in [0.25, 0.3) is 0 Å². The van der Waals surface area contributed by atoms with E-state index in [-0.39, 0.29) is 0 Å². The predicted molar refractivity (Wildman–Crippen MR) is 84.8 cm³/mol. The van der Waals surface area contributed by atoms with Crippen LogP contribution in [0.4, 0.5) is 5.95 Å². The molecule has 0 aliphatic carbocycles. The van der Waals surface area contributed by atoms with Gasteiger partial charge < -0.3 is 14.8 Å². The van der Waals surface area contributed by atoms with Crippen LogP contribution in [-0.4, -0.2) is 36.9 Å². The minimum Gasteiger partial charge on any atom is -0.495 e. The summed E-state index contributed by atoms with van der Waals surface area (Å²) < 4.78 is 12.4. The lowest BCUT2D eigenvalue weighted by Crippen LogP contribution is -2.10. The fourth-order valence-corrected chi connectivity index (χ4v) is 2.20. The summed E-state index contributed by atoms with van der Waals surface area (Å²) in [4.78, 5) is 4.34. The number of rotatable bonds is 7. The van der Waals surface area contributed by atoms with Gasteiger partial charge in [0.05, 0.1) is 12.8 Å². The van der Waals surface area contributed by atoms with Crippen LogP contribution in [0.15, 0.2) is 24.5 Å². The van der Waals surface area contributed by atoms with Gasteiger partial charge in [-0.05, 0) is 25.0 Å². The molecule has 2 aromatic rings. The average Bonchev–Trinajstić information content (AvgIpc) is 2.94. The number of hydrogen-bond donors (Lipinski definition) is 1. The zero-order valence-corrected chi connectivity index (χ0v) is 13.3. The van der Waals surface area contributed by atoms with Gasteiger partial charge in [0, 0.05) is 43.7 Å². The lowest BCUT2D eigenvalue weighted by Gasteiger charge is -2.14. The Morgan fingerprint density at radius 1 is 1.33 bits per heavy atom. The Labute approximate surface area is 129 Å². The summed E-state index contributed by atoms with van der Waals surface area (Å²) in [6.07, 6.45) is 4.56. The topological polar surface area (TPSA) is 48.3 Å². The van der Waals surface area contributed by atoms with Gasteiger partial charge >= 0.3 is 0 Å². The van der Waals surface area contributed by atoms with Crippen molar-refractivity contribution in [3.8, 4) is 11.4 Å². The molecule has 1 N–H and O–H groups in total. The molecule has 1 heterocycles. The second-order valence-corrected chi connectivity index (χ2v) is 5.07. The van der Waals surface area contributed by atoms with E-state index in [0.717, 1.165) is 36.8 Å². The number of nitrogens with zero attached hydrogens (tertiary/aromatic N) is 2. The molecule has 0 aliphatic rings. The number of benzene rings is 1. The minimum absolute atomic E-state index is 0.685. The quantitative estimate of drug-likeness (QED) is 0.797. The highest BCUT2D eigenvalue weighted by Gasteiger charge is 2.12. The maximum absolute atomic E-state index is 6.15. The minimum atomic E-state index is 0.685. The van der Waals surface area contributed by atoms with Gasteiger partial charge in [-0.1, -0.05) is 11.6 Å². The number of halogens is 1. The fourth-order valence-electron chi connectivity index (χ4n) is 2.05. The molecule has 0 spiro atoms. The molecular formula is C15H20ClN3O2. The predicted octanol–water partition coefficient (Wildman–Crippen LogP) is 3.29. The van der Waals surface area contributed by atoms with E-state index < -0.39 is 0 Å². The van der Waals surface area contributed by atoms with Crippen molar-refractivity contribution in [2.24, 2.45) is 0 Å². The second-order valence-electron chi connectivity index (χ2n) is 4.67. The lowest BCUT2D eigenvalue weighted by atomic mass is 10.2. The van der Waals surface area contributed by atoms with Gasteiger partial charge in [0.15, 0.2) is 0 Å². The Balaban J connectivity index is 2.26. The Morgan fingerprint density at radius 3 is 2.86 bits per heavy atom. The molecule has 114 valence electrons. The molecule has 6 heteroatoms. The van der Waals surface area contributed by atoms with Gasteiger partial charge in [-0.3, -0.25) is 4.57 Å². The number of ether oxygens (including phenoxy) is 2. The molecule has 21 heavy (non-hydrogen) atoms. The molecule has 2 rings (SSSR count). The Hall–Kier alpha value is -1.72. The third kappa shape index (κ3) is 3.68. The van der Waals surface area contributed by atoms with E-state index in [1.54, 1.807) is 20.4 Å². The molecule has 0 radical (unpaired) electrons. The van der Waals surface area contributed by atoms with Gasteiger partial charge in [0.2, 0.25) is 5.95 Å². The zero-order chi connectivity index (χ0) is 15.2. The Bertz CT molecular complexity index is 599. The number of anilines is 1. The number of imidazole rings is 1. The number of hydrogen-bond acceptors (Lipinski definition) is 4. The van der Waals surface area contributed by atoms with E-state index in [1.807, 2.05) is 29.8 Å². The summed E-state index contributed by atoms with van der Waals surface area (Å²) in [5.74, 6) is 1.48. The van der Waals surface area contributed by atoms with Crippen molar-refractivity contribution in [3.05, 3.63) is 35.1 Å². The molecule has 0 bridgehead atoms. The monoisotopic (exact) mass is 309 g/mol. The molecule has 5 nitrogen and oxygen atoms in total. The molecule has 1 aromatic carbocycles. The molecule has 0 amide bonds. The van der Waals surface area contributed by atoms with Crippen molar-refractivity contribution in [2.75, 3.05) is 32.7 Å². The first kappa shape index (κ1) is 15.7. The average molecular weight is 310 g/mol. The van der Waals surface area contributed by atoms with Crippen LogP contribution in [0.5, 0.6) is 5.75 Å². The lowest BCUT2D eigenvalue weighted by molar-refractivity contribution is 0.197. The van der Waals surface area contributed by atoms with Crippen LogP contribution in [-0.2, 0) is 4.74 Å². The zero-order valence-electron chi connectivity index (χ0n) is 12.5. The first-order valence-electron chi connectivity index (χ1n) is 6.78. The Kier molecular flexibility index (Phi) is 5.47. The second kappa shape index (κ2) is 7.33. The van der Waals surface area contributed by atoms with Crippen LogP contribution >= 0.6 is 11.6 Å². The summed E-state index contributed by atoms with van der Waals surface area (Å²) in [5.41, 5.74) is 1.90. The smallest absolute Gasteiger partial charge is 0.207 e. The summed E-state index contributed by atoms with van der Waals surface area (Å²) in [6, 6.07) is 3.81. The maximum atomic E-state index is 6.15. The summed E-state index contributed by atoms with van der Waals surface area (Å²) in [6.45, 7) is 3.48. The molecule has 0 unspecified atom stereocenters. The van der Waals surface area contributed by atoms with E-state index in [4.69, 9.17) is 21.1 Å². The van der Waals surface area contributed by atoms with E-state index in [1.165, 1.54) is 0 Å². The van der Waals surface area contributed by atoms with Crippen molar-refractivity contribution >= 4 is 17.5 Å². The van der Waals surface area contributed by atoms with Crippen LogP contribution in [0.3, 0.4) is 0 Å². The standard InChI is InChI=1S/C15H20ClN3O2/c1-11-9-13(14(21-3)10-12(11)16)19-7-6-18-15(19)17-5-4-8-20-2/h6-7,9-10H,4-5,8H2,1-3H3,(H,17,18). The first-order chi connectivity index (χ1) is 10.2. The molecule has 0 atom stereocenters. The SMILES string of the molecule is COCCCNc1nccn1-c1cc(C)c(Cl)cc1OC. The van der Waals surface area contributed by atoms with E-state index in [9.17, 15) is 0 Å². The first-order valence-corrected chi connectivity index (χ1v) is 7.16. The number of methoxy groups -OCH3 is 2. The third-order valence-corrected chi connectivity index (χ3v) is 3.58. The highest BCUT2D eigenvalue weighted by Crippen LogP contribution is 2.31. The number of nitrogens with one attached hydrogen (secondary N) is 1. The number of aromatic nitrogens is 2. The van der Waals surface area contributed by atoms with Gasteiger partial charge in [-0.15, -0.1) is 0 Å². The molecular weight excluding hydrogens is 290 g/mol. The highest BCUT2D eigenvalue weighted by atomic mass is 35.5. The maximum Gasteiger partial charge on any atom is 0.207 e. The van der Waals surface area contributed by atoms with Crippen molar-refractivity contribution in [3.63, 3.8) is 0 Å². The van der Waals surface area contributed by atoms with Crippen molar-refractivity contribution in [1.82, 2.24) is 9.55 Å². The molecule has 1 aromatic heterocycles. The van der Waals surface area contributed by atoms with Crippen molar-refractivity contribution in [2.45, 2.75) is 13.3 Å². The fraction of sp³-hybridized carbons (Fsp3) is 0.400.